The van der Waals surface area contributed by atoms with Crippen molar-refractivity contribution in [2.45, 2.75) is 13.5 Å². The minimum Gasteiger partial charge on any atom is -0.472 e. The molecule has 0 bridgehead atoms. The van der Waals surface area contributed by atoms with E-state index in [1.807, 2.05) is 13.0 Å². The highest BCUT2D eigenvalue weighted by Crippen LogP contribution is 2.12. The molecule has 1 aromatic heterocycles. The van der Waals surface area contributed by atoms with Gasteiger partial charge in [-0.1, -0.05) is 0 Å². The summed E-state index contributed by atoms with van der Waals surface area (Å²) in [5.74, 6) is -0.108. The Kier molecular flexibility index (Phi) is 3.14. The maximum absolute atomic E-state index is 11.9. The van der Waals surface area contributed by atoms with Gasteiger partial charge in [0.2, 0.25) is 0 Å². The molecule has 0 spiro atoms. The Hall–Kier alpha value is -2.23. The van der Waals surface area contributed by atoms with E-state index in [2.05, 4.69) is 5.32 Å². The molecule has 0 aliphatic carbocycles. The number of hydrogen-bond acceptors (Lipinski definition) is 3. The fourth-order valence-corrected chi connectivity index (χ4v) is 1.61. The van der Waals surface area contributed by atoms with E-state index < -0.39 is 0 Å². The van der Waals surface area contributed by atoms with Crippen LogP contribution >= 0.6 is 0 Å². The van der Waals surface area contributed by atoms with Crippen molar-refractivity contribution in [2.24, 2.45) is 0 Å². The molecule has 1 aromatic carbocycles. The maximum atomic E-state index is 11.9. The molecular weight excluding hydrogens is 216 g/mol. The molecular formula is C13H14N2O2. The van der Waals surface area contributed by atoms with E-state index >= 15 is 0 Å². The van der Waals surface area contributed by atoms with Crippen molar-refractivity contribution >= 4 is 11.6 Å². The molecule has 0 saturated carbocycles. The average molecular weight is 230 g/mol. The van der Waals surface area contributed by atoms with Crippen LogP contribution in [0.5, 0.6) is 0 Å². The molecule has 1 heterocycles. The van der Waals surface area contributed by atoms with Crippen molar-refractivity contribution < 1.29 is 9.21 Å². The van der Waals surface area contributed by atoms with Crippen LogP contribution in [-0.2, 0) is 6.54 Å². The number of amides is 1. The van der Waals surface area contributed by atoms with Gasteiger partial charge in [0.15, 0.2) is 0 Å². The number of benzene rings is 1. The fraction of sp³-hybridized carbons (Fsp3) is 0.154. The Balaban J connectivity index is 2.04. The number of anilines is 1. The zero-order chi connectivity index (χ0) is 12.3. The van der Waals surface area contributed by atoms with Crippen LogP contribution in [0.4, 0.5) is 5.69 Å². The molecule has 0 radical (unpaired) electrons. The van der Waals surface area contributed by atoms with Crippen LogP contribution in [0.3, 0.4) is 0 Å². The van der Waals surface area contributed by atoms with Gasteiger partial charge in [0.25, 0.3) is 5.91 Å². The molecule has 1 amide bonds. The summed E-state index contributed by atoms with van der Waals surface area (Å²) in [5.41, 5.74) is 8.74. The number of rotatable bonds is 3. The number of carbonyl (C=O) groups excluding carboxylic acids is 1. The van der Waals surface area contributed by atoms with Gasteiger partial charge in [-0.05, 0) is 36.8 Å². The number of nitrogens with one attached hydrogen (secondary N) is 1. The Morgan fingerprint density at radius 2 is 2.24 bits per heavy atom. The monoisotopic (exact) mass is 230 g/mol. The van der Waals surface area contributed by atoms with E-state index in [0.29, 0.717) is 17.8 Å². The van der Waals surface area contributed by atoms with Crippen LogP contribution in [0.15, 0.2) is 41.2 Å². The molecule has 4 nitrogen and oxygen atoms in total. The molecule has 0 fully saturated rings. The lowest BCUT2D eigenvalue weighted by Crippen LogP contribution is -2.23. The molecule has 0 atom stereocenters. The van der Waals surface area contributed by atoms with Gasteiger partial charge in [-0.2, -0.15) is 0 Å². The van der Waals surface area contributed by atoms with Crippen molar-refractivity contribution in [3.8, 4) is 0 Å². The minimum atomic E-state index is -0.108. The maximum Gasteiger partial charge on any atom is 0.251 e. The lowest BCUT2D eigenvalue weighted by atomic mass is 10.1. The largest absolute Gasteiger partial charge is 0.472 e. The third-order valence-electron chi connectivity index (χ3n) is 2.53. The highest BCUT2D eigenvalue weighted by atomic mass is 16.3. The highest BCUT2D eigenvalue weighted by Gasteiger charge is 2.08. The summed E-state index contributed by atoms with van der Waals surface area (Å²) < 4.78 is 4.92. The quantitative estimate of drug-likeness (QED) is 0.793. The van der Waals surface area contributed by atoms with E-state index in [1.165, 1.54) is 0 Å². The van der Waals surface area contributed by atoms with Gasteiger partial charge in [0.1, 0.15) is 0 Å². The van der Waals surface area contributed by atoms with Gasteiger partial charge in [-0.3, -0.25) is 4.79 Å². The number of carbonyl (C=O) groups is 1. The van der Waals surface area contributed by atoms with Gasteiger partial charge >= 0.3 is 0 Å². The second-order valence-corrected chi connectivity index (χ2v) is 3.89. The fourth-order valence-electron chi connectivity index (χ4n) is 1.61. The molecule has 4 heteroatoms. The van der Waals surface area contributed by atoms with Crippen molar-refractivity contribution in [3.05, 3.63) is 53.5 Å². The van der Waals surface area contributed by atoms with E-state index in [-0.39, 0.29) is 5.91 Å². The molecule has 17 heavy (non-hydrogen) atoms. The third-order valence-corrected chi connectivity index (χ3v) is 2.53. The Morgan fingerprint density at radius 3 is 2.88 bits per heavy atom. The Labute approximate surface area is 99.4 Å². The summed E-state index contributed by atoms with van der Waals surface area (Å²) in [7, 11) is 0. The van der Waals surface area contributed by atoms with Gasteiger partial charge < -0.3 is 15.5 Å². The summed E-state index contributed by atoms with van der Waals surface area (Å²) in [4.78, 5) is 11.9. The summed E-state index contributed by atoms with van der Waals surface area (Å²) in [6.07, 6.45) is 3.19. The van der Waals surface area contributed by atoms with Crippen molar-refractivity contribution in [3.63, 3.8) is 0 Å². The standard InChI is InChI=1S/C13H14N2O2/c1-9-6-11(14)2-3-12(9)13(16)15-7-10-4-5-17-8-10/h2-6,8H,7,14H2,1H3,(H,15,16). The van der Waals surface area contributed by atoms with Crippen LogP contribution in [0.2, 0.25) is 0 Å². The van der Waals surface area contributed by atoms with E-state index in [1.54, 1.807) is 30.7 Å². The lowest BCUT2D eigenvalue weighted by Gasteiger charge is -2.07. The first kappa shape index (κ1) is 11.3. The Bertz CT molecular complexity index is 518. The summed E-state index contributed by atoms with van der Waals surface area (Å²) in [6.45, 7) is 2.32. The average Bonchev–Trinajstić information content (AvgIpc) is 2.78. The molecule has 2 rings (SSSR count). The first-order valence-corrected chi connectivity index (χ1v) is 5.32. The van der Waals surface area contributed by atoms with Crippen molar-refractivity contribution in [1.82, 2.24) is 5.32 Å². The molecule has 2 aromatic rings. The first-order valence-electron chi connectivity index (χ1n) is 5.32. The van der Waals surface area contributed by atoms with E-state index in [4.69, 9.17) is 10.2 Å². The number of furan rings is 1. The van der Waals surface area contributed by atoms with Crippen LogP contribution in [-0.4, -0.2) is 5.91 Å². The van der Waals surface area contributed by atoms with Crippen LogP contribution in [0.1, 0.15) is 21.5 Å². The zero-order valence-electron chi connectivity index (χ0n) is 9.57. The number of aryl methyl sites for hydroxylation is 1. The van der Waals surface area contributed by atoms with E-state index in [0.717, 1.165) is 11.1 Å². The van der Waals surface area contributed by atoms with Crippen molar-refractivity contribution in [1.29, 1.82) is 0 Å². The summed E-state index contributed by atoms with van der Waals surface area (Å²) in [5, 5.41) is 2.82. The zero-order valence-corrected chi connectivity index (χ0v) is 9.57. The summed E-state index contributed by atoms with van der Waals surface area (Å²) in [6, 6.07) is 7.05. The predicted molar refractivity (Wildman–Crippen MR) is 65.5 cm³/mol. The minimum absolute atomic E-state index is 0.108. The van der Waals surface area contributed by atoms with Gasteiger partial charge in [-0.15, -0.1) is 0 Å². The topological polar surface area (TPSA) is 68.3 Å². The van der Waals surface area contributed by atoms with Gasteiger partial charge in [-0.25, -0.2) is 0 Å². The highest BCUT2D eigenvalue weighted by molar-refractivity contribution is 5.95. The summed E-state index contributed by atoms with van der Waals surface area (Å²) >= 11 is 0. The molecule has 0 unspecified atom stereocenters. The molecule has 0 saturated heterocycles. The third kappa shape index (κ3) is 2.66. The molecule has 3 N–H and O–H groups in total. The van der Waals surface area contributed by atoms with Crippen molar-refractivity contribution in [2.75, 3.05) is 5.73 Å². The SMILES string of the molecule is Cc1cc(N)ccc1C(=O)NCc1ccoc1. The van der Waals surface area contributed by atoms with Crippen LogP contribution < -0.4 is 11.1 Å². The number of nitrogens with two attached hydrogens (primary N) is 1. The number of nitrogen functional groups attached to an aromatic ring is 1. The first-order chi connectivity index (χ1) is 8.16. The molecule has 88 valence electrons. The van der Waals surface area contributed by atoms with Gasteiger partial charge in [0.05, 0.1) is 12.5 Å². The number of hydrogen-bond donors (Lipinski definition) is 2. The van der Waals surface area contributed by atoms with E-state index in [9.17, 15) is 4.79 Å². The smallest absolute Gasteiger partial charge is 0.251 e. The van der Waals surface area contributed by atoms with Gasteiger partial charge in [0, 0.05) is 23.4 Å². The normalized spacial score (nSPS) is 10.2. The lowest BCUT2D eigenvalue weighted by molar-refractivity contribution is 0.0950. The second-order valence-electron chi connectivity index (χ2n) is 3.89. The van der Waals surface area contributed by atoms with Crippen LogP contribution in [0, 0.1) is 6.92 Å². The van der Waals surface area contributed by atoms with Crippen LogP contribution in [0.25, 0.3) is 0 Å². The molecule has 0 aliphatic rings. The Morgan fingerprint density at radius 1 is 1.41 bits per heavy atom. The predicted octanol–water partition coefficient (Wildman–Crippen LogP) is 2.10. The second kappa shape index (κ2) is 4.74. The molecule has 0 aliphatic heterocycles.